The molecule has 5 heteroatoms. The standard InChI is InChI=1S/C11H11ClN4/c1-7-14-10(13)6-11(15-7)16-9-5-3-2-4-8(9)12/h2-6H,1H3,(H3,13,14,15,16). The number of nitrogen functional groups attached to an aromatic ring is 1. The van der Waals surface area contributed by atoms with E-state index < -0.39 is 0 Å². The van der Waals surface area contributed by atoms with Gasteiger partial charge < -0.3 is 11.1 Å². The summed E-state index contributed by atoms with van der Waals surface area (Å²) in [4.78, 5) is 8.20. The molecule has 0 fully saturated rings. The number of benzene rings is 1. The van der Waals surface area contributed by atoms with Crippen molar-refractivity contribution in [3.63, 3.8) is 0 Å². The maximum atomic E-state index is 6.02. The lowest BCUT2D eigenvalue weighted by Crippen LogP contribution is -2.00. The molecule has 0 amide bonds. The number of hydrogen-bond acceptors (Lipinski definition) is 4. The Morgan fingerprint density at radius 1 is 1.25 bits per heavy atom. The summed E-state index contributed by atoms with van der Waals surface area (Å²) in [5.74, 6) is 1.69. The first-order valence-electron chi connectivity index (χ1n) is 4.78. The number of hydrogen-bond donors (Lipinski definition) is 2. The number of aryl methyl sites for hydroxylation is 1. The second-order valence-electron chi connectivity index (χ2n) is 3.33. The van der Waals surface area contributed by atoms with Gasteiger partial charge in [-0.05, 0) is 19.1 Å². The Balaban J connectivity index is 2.30. The van der Waals surface area contributed by atoms with E-state index in [1.54, 1.807) is 19.1 Å². The minimum absolute atomic E-state index is 0.432. The summed E-state index contributed by atoms with van der Waals surface area (Å²) >= 11 is 6.02. The largest absolute Gasteiger partial charge is 0.384 e. The second kappa shape index (κ2) is 4.37. The molecule has 2 rings (SSSR count). The molecule has 0 aliphatic heterocycles. The first-order valence-corrected chi connectivity index (χ1v) is 5.15. The maximum absolute atomic E-state index is 6.02. The van der Waals surface area contributed by atoms with Crippen LogP contribution in [-0.2, 0) is 0 Å². The number of halogens is 1. The highest BCUT2D eigenvalue weighted by molar-refractivity contribution is 6.33. The minimum atomic E-state index is 0.432. The number of nitrogens with one attached hydrogen (secondary N) is 1. The Bertz CT molecular complexity index is 493. The molecule has 0 aliphatic rings. The van der Waals surface area contributed by atoms with E-state index in [9.17, 15) is 0 Å². The van der Waals surface area contributed by atoms with Gasteiger partial charge in [0.15, 0.2) is 0 Å². The van der Waals surface area contributed by atoms with Gasteiger partial charge in [-0.1, -0.05) is 23.7 Å². The van der Waals surface area contributed by atoms with E-state index in [1.807, 2.05) is 18.2 Å². The van der Waals surface area contributed by atoms with Crippen molar-refractivity contribution >= 4 is 28.9 Å². The summed E-state index contributed by atoms with van der Waals surface area (Å²) in [6.07, 6.45) is 0. The van der Waals surface area contributed by atoms with Gasteiger partial charge in [-0.15, -0.1) is 0 Å². The van der Waals surface area contributed by atoms with E-state index in [-0.39, 0.29) is 0 Å². The quantitative estimate of drug-likeness (QED) is 0.839. The predicted octanol–water partition coefficient (Wildman–Crippen LogP) is 2.76. The lowest BCUT2D eigenvalue weighted by Gasteiger charge is -2.08. The Morgan fingerprint density at radius 3 is 2.69 bits per heavy atom. The molecule has 0 aliphatic carbocycles. The molecule has 1 aromatic heterocycles. The van der Waals surface area contributed by atoms with Crippen LogP contribution in [0.15, 0.2) is 30.3 Å². The van der Waals surface area contributed by atoms with Gasteiger partial charge in [-0.3, -0.25) is 0 Å². The minimum Gasteiger partial charge on any atom is -0.384 e. The van der Waals surface area contributed by atoms with E-state index in [1.165, 1.54) is 0 Å². The predicted molar refractivity (Wildman–Crippen MR) is 65.9 cm³/mol. The molecule has 0 saturated carbocycles. The SMILES string of the molecule is Cc1nc(N)cc(Nc2ccccc2Cl)n1. The highest BCUT2D eigenvalue weighted by atomic mass is 35.5. The fourth-order valence-corrected chi connectivity index (χ4v) is 1.54. The third-order valence-corrected chi connectivity index (χ3v) is 2.32. The molecule has 2 aromatic rings. The van der Waals surface area contributed by atoms with Crippen LogP contribution >= 0.6 is 11.6 Å². The van der Waals surface area contributed by atoms with E-state index in [0.717, 1.165) is 5.69 Å². The van der Waals surface area contributed by atoms with Crippen molar-refractivity contribution in [2.24, 2.45) is 0 Å². The topological polar surface area (TPSA) is 63.8 Å². The van der Waals surface area contributed by atoms with Crippen molar-refractivity contribution in [2.45, 2.75) is 6.92 Å². The normalized spacial score (nSPS) is 10.1. The summed E-state index contributed by atoms with van der Waals surface area (Å²) in [7, 11) is 0. The van der Waals surface area contributed by atoms with Crippen LogP contribution in [0.1, 0.15) is 5.82 Å². The van der Waals surface area contributed by atoms with Crippen molar-refractivity contribution in [3.8, 4) is 0 Å². The number of rotatable bonds is 2. The Kier molecular flexibility index (Phi) is 2.92. The summed E-state index contributed by atoms with van der Waals surface area (Å²) < 4.78 is 0. The summed E-state index contributed by atoms with van der Waals surface area (Å²) in [6, 6.07) is 9.10. The molecule has 0 spiro atoms. The van der Waals surface area contributed by atoms with Crippen LogP contribution in [0.5, 0.6) is 0 Å². The number of aromatic nitrogens is 2. The fourth-order valence-electron chi connectivity index (χ4n) is 1.36. The van der Waals surface area contributed by atoms with Gasteiger partial charge in [0.05, 0.1) is 10.7 Å². The molecule has 82 valence electrons. The van der Waals surface area contributed by atoms with E-state index >= 15 is 0 Å². The molecule has 0 bridgehead atoms. The third kappa shape index (κ3) is 2.41. The molecule has 3 N–H and O–H groups in total. The first-order chi connectivity index (χ1) is 7.65. The number of nitrogens with two attached hydrogens (primary N) is 1. The molecular formula is C11H11ClN4. The molecule has 1 aromatic carbocycles. The zero-order valence-electron chi connectivity index (χ0n) is 8.74. The van der Waals surface area contributed by atoms with Crippen molar-refractivity contribution in [2.75, 3.05) is 11.1 Å². The number of para-hydroxylation sites is 1. The summed E-state index contributed by atoms with van der Waals surface area (Å²) in [5.41, 5.74) is 6.42. The molecule has 0 atom stereocenters. The van der Waals surface area contributed by atoms with Gasteiger partial charge in [-0.25, -0.2) is 9.97 Å². The van der Waals surface area contributed by atoms with Crippen LogP contribution in [0.2, 0.25) is 5.02 Å². The van der Waals surface area contributed by atoms with Crippen LogP contribution < -0.4 is 11.1 Å². The van der Waals surface area contributed by atoms with E-state index in [2.05, 4.69) is 15.3 Å². The molecule has 0 radical (unpaired) electrons. The average molecular weight is 235 g/mol. The van der Waals surface area contributed by atoms with Gasteiger partial charge in [-0.2, -0.15) is 0 Å². The zero-order valence-corrected chi connectivity index (χ0v) is 9.49. The molecule has 0 unspecified atom stereocenters. The summed E-state index contributed by atoms with van der Waals surface area (Å²) in [5, 5.41) is 3.73. The Morgan fingerprint density at radius 2 is 2.00 bits per heavy atom. The number of anilines is 3. The van der Waals surface area contributed by atoms with Crippen molar-refractivity contribution in [1.29, 1.82) is 0 Å². The fraction of sp³-hybridized carbons (Fsp3) is 0.0909. The van der Waals surface area contributed by atoms with Crippen molar-refractivity contribution < 1.29 is 0 Å². The van der Waals surface area contributed by atoms with Crippen LogP contribution in [-0.4, -0.2) is 9.97 Å². The van der Waals surface area contributed by atoms with Gasteiger partial charge in [0.1, 0.15) is 17.5 Å². The smallest absolute Gasteiger partial charge is 0.136 e. The average Bonchev–Trinajstić information content (AvgIpc) is 2.20. The van der Waals surface area contributed by atoms with E-state index in [0.29, 0.717) is 22.5 Å². The van der Waals surface area contributed by atoms with Crippen molar-refractivity contribution in [1.82, 2.24) is 9.97 Å². The van der Waals surface area contributed by atoms with Gasteiger partial charge >= 0.3 is 0 Å². The zero-order chi connectivity index (χ0) is 11.5. The highest BCUT2D eigenvalue weighted by Gasteiger charge is 2.02. The Labute approximate surface area is 98.5 Å². The molecular weight excluding hydrogens is 224 g/mol. The Hall–Kier alpha value is -1.81. The first kappa shape index (κ1) is 10.7. The van der Waals surface area contributed by atoms with Gasteiger partial charge in [0.25, 0.3) is 0 Å². The maximum Gasteiger partial charge on any atom is 0.136 e. The van der Waals surface area contributed by atoms with E-state index in [4.69, 9.17) is 17.3 Å². The number of nitrogens with zero attached hydrogens (tertiary/aromatic N) is 2. The molecule has 0 saturated heterocycles. The van der Waals surface area contributed by atoms with Crippen LogP contribution in [0, 0.1) is 6.92 Å². The molecule has 16 heavy (non-hydrogen) atoms. The van der Waals surface area contributed by atoms with Gasteiger partial charge in [0.2, 0.25) is 0 Å². The van der Waals surface area contributed by atoms with Gasteiger partial charge in [0, 0.05) is 6.07 Å². The highest BCUT2D eigenvalue weighted by Crippen LogP contribution is 2.24. The summed E-state index contributed by atoms with van der Waals surface area (Å²) in [6.45, 7) is 1.79. The molecule has 1 heterocycles. The van der Waals surface area contributed by atoms with Crippen LogP contribution in [0.4, 0.5) is 17.3 Å². The second-order valence-corrected chi connectivity index (χ2v) is 3.74. The van der Waals surface area contributed by atoms with Crippen LogP contribution in [0.25, 0.3) is 0 Å². The van der Waals surface area contributed by atoms with Crippen LogP contribution in [0.3, 0.4) is 0 Å². The third-order valence-electron chi connectivity index (χ3n) is 1.99. The monoisotopic (exact) mass is 234 g/mol. The molecule has 4 nitrogen and oxygen atoms in total. The lowest BCUT2D eigenvalue weighted by atomic mass is 10.3. The van der Waals surface area contributed by atoms with Crippen molar-refractivity contribution in [3.05, 3.63) is 41.2 Å². The lowest BCUT2D eigenvalue weighted by molar-refractivity contribution is 1.06.